The first kappa shape index (κ1) is 18.9. The minimum absolute atomic E-state index is 0.00525. The molecule has 0 spiro atoms. The van der Waals surface area contributed by atoms with Crippen molar-refractivity contribution in [3.8, 4) is 5.75 Å². The fourth-order valence-corrected chi connectivity index (χ4v) is 2.52. The summed E-state index contributed by atoms with van der Waals surface area (Å²) in [6.45, 7) is 1.34. The molecule has 0 atom stereocenters. The average Bonchev–Trinajstić information content (AvgIpc) is 3.36. The van der Waals surface area contributed by atoms with Gasteiger partial charge in [0.1, 0.15) is 18.1 Å². The Morgan fingerprint density at radius 2 is 1.96 bits per heavy atom. The summed E-state index contributed by atoms with van der Waals surface area (Å²) in [5.74, 6) is 0.738. The third-order valence-corrected chi connectivity index (χ3v) is 4.12. The maximum atomic E-state index is 11.8. The summed E-state index contributed by atoms with van der Waals surface area (Å²) in [5.41, 5.74) is 0.741. The first-order valence-electron chi connectivity index (χ1n) is 9.32. The Labute approximate surface area is 158 Å². The fraction of sp³-hybridized carbons (Fsp3) is 0.474. The summed E-state index contributed by atoms with van der Waals surface area (Å²) < 4.78 is 7.34. The number of amides is 2. The number of para-hydroxylation sites is 1. The van der Waals surface area contributed by atoms with Crippen LogP contribution in [0.4, 0.5) is 0 Å². The van der Waals surface area contributed by atoms with Gasteiger partial charge in [-0.2, -0.15) is 0 Å². The molecule has 2 amide bonds. The quantitative estimate of drug-likeness (QED) is 0.623. The van der Waals surface area contributed by atoms with Crippen molar-refractivity contribution >= 4 is 11.8 Å². The lowest BCUT2D eigenvalue weighted by atomic mass is 10.3. The van der Waals surface area contributed by atoms with Gasteiger partial charge >= 0.3 is 0 Å². The zero-order valence-electron chi connectivity index (χ0n) is 15.3. The molecule has 1 aliphatic carbocycles. The van der Waals surface area contributed by atoms with Crippen LogP contribution in [-0.4, -0.2) is 39.4 Å². The molecule has 144 valence electrons. The van der Waals surface area contributed by atoms with Crippen LogP contribution >= 0.6 is 0 Å². The second-order valence-electron chi connectivity index (χ2n) is 6.62. The molecule has 1 fully saturated rings. The lowest BCUT2D eigenvalue weighted by molar-refractivity contribution is -0.122. The van der Waals surface area contributed by atoms with Gasteiger partial charge in [0.05, 0.1) is 6.20 Å². The molecule has 2 N–H and O–H groups in total. The van der Waals surface area contributed by atoms with Crippen molar-refractivity contribution in [1.29, 1.82) is 0 Å². The minimum Gasteiger partial charge on any atom is -0.487 e. The van der Waals surface area contributed by atoms with Gasteiger partial charge < -0.3 is 15.4 Å². The van der Waals surface area contributed by atoms with Crippen molar-refractivity contribution in [2.24, 2.45) is 0 Å². The van der Waals surface area contributed by atoms with Crippen LogP contribution in [0.25, 0.3) is 0 Å². The highest BCUT2D eigenvalue weighted by Crippen LogP contribution is 2.18. The molecule has 8 heteroatoms. The molecule has 0 saturated heterocycles. The van der Waals surface area contributed by atoms with E-state index < -0.39 is 0 Å². The molecular formula is C19H25N5O3. The molecule has 0 aliphatic heterocycles. The fourth-order valence-electron chi connectivity index (χ4n) is 2.52. The minimum atomic E-state index is -0.0537. The number of hydrogen-bond donors (Lipinski definition) is 2. The Morgan fingerprint density at radius 1 is 1.15 bits per heavy atom. The molecule has 0 bridgehead atoms. The van der Waals surface area contributed by atoms with E-state index in [-0.39, 0.29) is 11.8 Å². The lowest BCUT2D eigenvalue weighted by Crippen LogP contribution is -2.31. The second kappa shape index (κ2) is 9.70. The summed E-state index contributed by atoms with van der Waals surface area (Å²) in [4.78, 5) is 23.3. The van der Waals surface area contributed by atoms with Crippen molar-refractivity contribution in [3.05, 3.63) is 42.2 Å². The van der Waals surface area contributed by atoms with E-state index in [2.05, 4.69) is 20.9 Å². The third-order valence-electron chi connectivity index (χ3n) is 4.12. The zero-order valence-corrected chi connectivity index (χ0v) is 15.3. The van der Waals surface area contributed by atoms with Gasteiger partial charge in [-0.1, -0.05) is 23.4 Å². The molecular weight excluding hydrogens is 346 g/mol. The number of rotatable bonds is 11. The van der Waals surface area contributed by atoms with Gasteiger partial charge in [-0.05, 0) is 31.4 Å². The van der Waals surface area contributed by atoms with E-state index in [4.69, 9.17) is 4.74 Å². The number of nitrogens with zero attached hydrogens (tertiary/aromatic N) is 3. The highest BCUT2D eigenvalue weighted by atomic mass is 16.5. The SMILES string of the molecule is O=C(CCCn1cc(COc2ccccc2)nn1)NCCC(=O)NC1CC1. The van der Waals surface area contributed by atoms with Crippen LogP contribution < -0.4 is 15.4 Å². The molecule has 1 saturated carbocycles. The Hall–Kier alpha value is -2.90. The van der Waals surface area contributed by atoms with Crippen LogP contribution in [0.2, 0.25) is 0 Å². The molecule has 1 heterocycles. The lowest BCUT2D eigenvalue weighted by Gasteiger charge is -2.06. The monoisotopic (exact) mass is 371 g/mol. The van der Waals surface area contributed by atoms with E-state index >= 15 is 0 Å². The normalized spacial score (nSPS) is 13.2. The van der Waals surface area contributed by atoms with Crippen LogP contribution in [0.5, 0.6) is 5.75 Å². The van der Waals surface area contributed by atoms with Gasteiger partial charge in [-0.25, -0.2) is 0 Å². The van der Waals surface area contributed by atoms with Crippen molar-refractivity contribution in [1.82, 2.24) is 25.6 Å². The predicted octanol–water partition coefficient (Wildman–Crippen LogP) is 1.42. The van der Waals surface area contributed by atoms with E-state index in [1.165, 1.54) is 0 Å². The zero-order chi connectivity index (χ0) is 18.9. The predicted molar refractivity (Wildman–Crippen MR) is 98.8 cm³/mol. The number of hydrogen-bond acceptors (Lipinski definition) is 5. The maximum absolute atomic E-state index is 11.8. The van der Waals surface area contributed by atoms with E-state index in [1.807, 2.05) is 36.5 Å². The molecule has 1 aromatic heterocycles. The highest BCUT2D eigenvalue weighted by Gasteiger charge is 2.22. The molecule has 0 radical (unpaired) electrons. The van der Waals surface area contributed by atoms with Gasteiger partial charge in [0, 0.05) is 32.0 Å². The molecule has 1 aliphatic rings. The number of ether oxygens (including phenoxy) is 1. The standard InChI is InChI=1S/C19H25N5O3/c25-18(20-11-10-19(26)21-15-8-9-15)7-4-12-24-13-16(22-23-24)14-27-17-5-2-1-3-6-17/h1-3,5-6,13,15H,4,7-12,14H2,(H,20,25)(H,21,26). The van der Waals surface area contributed by atoms with Gasteiger partial charge in [-0.15, -0.1) is 5.10 Å². The number of nitrogens with one attached hydrogen (secondary N) is 2. The van der Waals surface area contributed by atoms with Crippen molar-refractivity contribution in [2.75, 3.05) is 6.54 Å². The van der Waals surface area contributed by atoms with E-state index in [0.717, 1.165) is 24.3 Å². The van der Waals surface area contributed by atoms with Crippen molar-refractivity contribution in [3.63, 3.8) is 0 Å². The van der Waals surface area contributed by atoms with Crippen LogP contribution in [0.1, 0.15) is 37.8 Å². The molecule has 8 nitrogen and oxygen atoms in total. The molecule has 27 heavy (non-hydrogen) atoms. The topological polar surface area (TPSA) is 98.1 Å². The van der Waals surface area contributed by atoms with Gasteiger partial charge in [0.2, 0.25) is 11.8 Å². The van der Waals surface area contributed by atoms with Crippen LogP contribution in [0, 0.1) is 0 Å². The summed E-state index contributed by atoms with van der Waals surface area (Å²) in [7, 11) is 0. The first-order chi connectivity index (χ1) is 13.2. The van der Waals surface area contributed by atoms with Gasteiger partial charge in [0.15, 0.2) is 0 Å². The third kappa shape index (κ3) is 7.08. The Balaban J connectivity index is 1.26. The maximum Gasteiger partial charge on any atom is 0.221 e. The average molecular weight is 371 g/mol. The molecule has 3 rings (SSSR count). The van der Waals surface area contributed by atoms with Crippen LogP contribution in [-0.2, 0) is 22.7 Å². The molecule has 1 aromatic carbocycles. The number of benzene rings is 1. The van der Waals surface area contributed by atoms with Crippen LogP contribution in [0.3, 0.4) is 0 Å². The van der Waals surface area contributed by atoms with E-state index in [9.17, 15) is 9.59 Å². The smallest absolute Gasteiger partial charge is 0.221 e. The Morgan fingerprint density at radius 3 is 2.74 bits per heavy atom. The summed E-state index contributed by atoms with van der Waals surface area (Å²) in [6, 6.07) is 9.89. The number of aromatic nitrogens is 3. The second-order valence-corrected chi connectivity index (χ2v) is 6.62. The summed E-state index contributed by atoms with van der Waals surface area (Å²) in [5, 5.41) is 13.8. The van der Waals surface area contributed by atoms with Crippen molar-refractivity contribution in [2.45, 2.75) is 51.3 Å². The van der Waals surface area contributed by atoms with Crippen LogP contribution in [0.15, 0.2) is 36.5 Å². The highest BCUT2D eigenvalue weighted by molar-refractivity contribution is 5.79. The number of carbonyl (C=O) groups is 2. The van der Waals surface area contributed by atoms with Crippen molar-refractivity contribution < 1.29 is 14.3 Å². The number of carbonyl (C=O) groups excluding carboxylic acids is 2. The van der Waals surface area contributed by atoms with Gasteiger partial charge in [-0.3, -0.25) is 14.3 Å². The van der Waals surface area contributed by atoms with Gasteiger partial charge in [0.25, 0.3) is 0 Å². The largest absolute Gasteiger partial charge is 0.487 e. The molecule has 2 aromatic rings. The summed E-state index contributed by atoms with van der Waals surface area (Å²) in [6.07, 6.45) is 5.34. The van der Waals surface area contributed by atoms with E-state index in [0.29, 0.717) is 45.0 Å². The first-order valence-corrected chi connectivity index (χ1v) is 9.32. The Kier molecular flexibility index (Phi) is 6.78. The van der Waals surface area contributed by atoms with E-state index in [1.54, 1.807) is 4.68 Å². The summed E-state index contributed by atoms with van der Waals surface area (Å²) >= 11 is 0. The molecule has 0 unspecified atom stereocenters. The number of aryl methyl sites for hydroxylation is 1. The Bertz CT molecular complexity index is 743.